The van der Waals surface area contributed by atoms with Crippen LogP contribution >= 0.6 is 12.4 Å². The van der Waals surface area contributed by atoms with Gasteiger partial charge in [-0.15, -0.1) is 12.4 Å². The number of ether oxygens (including phenoxy) is 1. The van der Waals surface area contributed by atoms with E-state index in [9.17, 15) is 12.8 Å². The van der Waals surface area contributed by atoms with Gasteiger partial charge in [-0.3, -0.25) is 4.72 Å². The second-order valence-corrected chi connectivity index (χ2v) is 9.96. The fourth-order valence-corrected chi connectivity index (χ4v) is 5.09. The quantitative estimate of drug-likeness (QED) is 0.512. The Balaban J connectivity index is 0.00000324. The average Bonchev–Trinajstić information content (AvgIpc) is 3.18. The number of rotatable bonds is 6. The molecule has 0 saturated carbocycles. The number of aryl methyl sites for hydroxylation is 1. The fraction of sp³-hybridized carbons (Fsp3) is 0.348. The smallest absolute Gasteiger partial charge is 0.262 e. The molecular weight excluding hydrogens is 483 g/mol. The average molecular weight is 511 g/mol. The van der Waals surface area contributed by atoms with Crippen molar-refractivity contribution < 1.29 is 22.0 Å². The minimum atomic E-state index is -4.10. The number of hydrogen-bond donors (Lipinski definition) is 2. The Labute approximate surface area is 205 Å². The van der Waals surface area contributed by atoms with Crippen LogP contribution < -0.4 is 19.7 Å². The van der Waals surface area contributed by atoms with Crippen LogP contribution in [0.25, 0.3) is 11.3 Å². The standard InChI is InChI=1S/C23H27FN4O4S.ClH/c1-14-12-28(13-15(2)26-14)17-9-21(23(31-4)25-11-17)27-33(29,30)18-6-7-19(20(24)10-18)22-8-5-16(3)32-22;/h5-11,14-15,26-27H,12-13H2,1-4H3;1H. The molecule has 1 aliphatic rings. The summed E-state index contributed by atoms with van der Waals surface area (Å²) >= 11 is 0. The van der Waals surface area contributed by atoms with Crippen molar-refractivity contribution in [3.8, 4) is 17.2 Å². The molecule has 0 amide bonds. The Hall–Kier alpha value is -2.82. The lowest BCUT2D eigenvalue weighted by molar-refractivity contribution is 0.397. The number of sulfonamides is 1. The number of aromatic nitrogens is 1. The van der Waals surface area contributed by atoms with E-state index in [-0.39, 0.29) is 46.5 Å². The van der Waals surface area contributed by atoms with Crippen molar-refractivity contribution >= 4 is 33.8 Å². The maximum Gasteiger partial charge on any atom is 0.262 e. The predicted octanol–water partition coefficient (Wildman–Crippen LogP) is 4.21. The molecule has 1 fully saturated rings. The summed E-state index contributed by atoms with van der Waals surface area (Å²) in [7, 11) is -2.69. The Kier molecular flexibility index (Phi) is 7.74. The summed E-state index contributed by atoms with van der Waals surface area (Å²) in [5.74, 6) is 0.395. The van der Waals surface area contributed by atoms with E-state index in [1.807, 2.05) is 0 Å². The van der Waals surface area contributed by atoms with E-state index in [1.165, 1.54) is 19.2 Å². The molecule has 34 heavy (non-hydrogen) atoms. The largest absolute Gasteiger partial charge is 0.479 e. The Morgan fingerprint density at radius 3 is 2.47 bits per heavy atom. The van der Waals surface area contributed by atoms with Crippen LogP contribution in [0.1, 0.15) is 19.6 Å². The summed E-state index contributed by atoms with van der Waals surface area (Å²) in [6.45, 7) is 7.44. The third kappa shape index (κ3) is 5.45. The molecule has 2 atom stereocenters. The zero-order valence-corrected chi connectivity index (χ0v) is 21.0. The molecule has 0 aliphatic carbocycles. The number of pyridine rings is 1. The first-order valence-electron chi connectivity index (χ1n) is 10.6. The number of nitrogens with zero attached hydrogens (tertiary/aromatic N) is 2. The molecule has 3 aromatic rings. The first kappa shape index (κ1) is 25.8. The highest BCUT2D eigenvalue weighted by Crippen LogP contribution is 2.31. The lowest BCUT2D eigenvalue weighted by atomic mass is 10.1. The van der Waals surface area contributed by atoms with E-state index in [4.69, 9.17) is 9.15 Å². The molecular formula is C23H28ClFN4O4S. The monoisotopic (exact) mass is 510 g/mol. The SMILES string of the molecule is COc1ncc(N2CC(C)NC(C)C2)cc1NS(=O)(=O)c1ccc(-c2ccc(C)o2)c(F)c1.Cl. The van der Waals surface area contributed by atoms with Crippen molar-refractivity contribution in [1.82, 2.24) is 10.3 Å². The fourth-order valence-electron chi connectivity index (χ4n) is 4.03. The van der Waals surface area contributed by atoms with E-state index < -0.39 is 15.8 Å². The number of nitrogens with one attached hydrogen (secondary N) is 2. The van der Waals surface area contributed by atoms with Crippen LogP contribution in [0.2, 0.25) is 0 Å². The van der Waals surface area contributed by atoms with Crippen LogP contribution in [0.15, 0.2) is 51.9 Å². The van der Waals surface area contributed by atoms with Gasteiger partial charge in [-0.25, -0.2) is 17.8 Å². The van der Waals surface area contributed by atoms with Crippen molar-refractivity contribution in [2.24, 2.45) is 0 Å². The van der Waals surface area contributed by atoms with Gasteiger partial charge in [0.2, 0.25) is 5.88 Å². The van der Waals surface area contributed by atoms with Gasteiger partial charge in [-0.1, -0.05) is 0 Å². The third-order valence-electron chi connectivity index (χ3n) is 5.45. The Bertz CT molecular complexity index is 1260. The zero-order chi connectivity index (χ0) is 23.8. The van der Waals surface area contributed by atoms with Crippen molar-refractivity contribution in [1.29, 1.82) is 0 Å². The second kappa shape index (κ2) is 10.2. The lowest BCUT2D eigenvalue weighted by Gasteiger charge is -2.37. The van der Waals surface area contributed by atoms with Gasteiger partial charge in [-0.05, 0) is 57.2 Å². The summed E-state index contributed by atoms with van der Waals surface area (Å²) < 4.78 is 54.1. The molecule has 3 heterocycles. The number of furan rings is 1. The highest BCUT2D eigenvalue weighted by Gasteiger charge is 2.24. The van der Waals surface area contributed by atoms with E-state index in [0.717, 1.165) is 24.8 Å². The molecule has 8 nitrogen and oxygen atoms in total. The molecule has 0 spiro atoms. The van der Waals surface area contributed by atoms with Gasteiger partial charge in [0, 0.05) is 25.2 Å². The minimum absolute atomic E-state index is 0. The summed E-state index contributed by atoms with van der Waals surface area (Å²) in [4.78, 5) is 6.19. The van der Waals surface area contributed by atoms with Crippen LogP contribution in [-0.2, 0) is 10.0 Å². The molecule has 4 rings (SSSR count). The van der Waals surface area contributed by atoms with Crippen LogP contribution in [0, 0.1) is 12.7 Å². The maximum atomic E-state index is 14.7. The van der Waals surface area contributed by atoms with E-state index in [1.54, 1.807) is 31.3 Å². The van der Waals surface area contributed by atoms with Crippen molar-refractivity contribution in [3.05, 3.63) is 54.2 Å². The van der Waals surface area contributed by atoms with Gasteiger partial charge in [0.1, 0.15) is 23.0 Å². The van der Waals surface area contributed by atoms with Crippen molar-refractivity contribution in [3.63, 3.8) is 0 Å². The number of piperazine rings is 1. The van der Waals surface area contributed by atoms with Gasteiger partial charge >= 0.3 is 0 Å². The van der Waals surface area contributed by atoms with Gasteiger partial charge in [-0.2, -0.15) is 0 Å². The first-order chi connectivity index (χ1) is 15.7. The van der Waals surface area contributed by atoms with Crippen molar-refractivity contribution in [2.45, 2.75) is 37.8 Å². The highest BCUT2D eigenvalue weighted by molar-refractivity contribution is 7.92. The molecule has 1 saturated heterocycles. The molecule has 184 valence electrons. The van der Waals surface area contributed by atoms with E-state index >= 15 is 0 Å². The van der Waals surface area contributed by atoms with Crippen LogP contribution in [0.4, 0.5) is 15.8 Å². The lowest BCUT2D eigenvalue weighted by Crippen LogP contribution is -2.54. The molecule has 1 aromatic carbocycles. The number of hydrogen-bond acceptors (Lipinski definition) is 7. The minimum Gasteiger partial charge on any atom is -0.479 e. The zero-order valence-electron chi connectivity index (χ0n) is 19.3. The second-order valence-electron chi connectivity index (χ2n) is 8.28. The molecule has 11 heteroatoms. The van der Waals surface area contributed by atoms with Gasteiger partial charge in [0.25, 0.3) is 10.0 Å². The summed E-state index contributed by atoms with van der Waals surface area (Å²) in [5.41, 5.74) is 1.13. The summed E-state index contributed by atoms with van der Waals surface area (Å²) in [6, 6.07) is 9.28. The van der Waals surface area contributed by atoms with Gasteiger partial charge in [0.15, 0.2) is 0 Å². The van der Waals surface area contributed by atoms with Crippen molar-refractivity contribution in [2.75, 3.05) is 29.8 Å². The Morgan fingerprint density at radius 1 is 1.18 bits per heavy atom. The number of halogens is 2. The molecule has 1 aliphatic heterocycles. The predicted molar refractivity (Wildman–Crippen MR) is 132 cm³/mol. The van der Waals surface area contributed by atoms with Crippen LogP contribution in [0.3, 0.4) is 0 Å². The van der Waals surface area contributed by atoms with Crippen LogP contribution in [0.5, 0.6) is 5.88 Å². The summed E-state index contributed by atoms with van der Waals surface area (Å²) in [6.07, 6.45) is 1.65. The van der Waals surface area contributed by atoms with E-state index in [2.05, 4.69) is 33.8 Å². The third-order valence-corrected chi connectivity index (χ3v) is 6.82. The topological polar surface area (TPSA) is 96.7 Å². The van der Waals surface area contributed by atoms with Crippen LogP contribution in [-0.4, -0.2) is 45.7 Å². The highest BCUT2D eigenvalue weighted by atomic mass is 35.5. The molecule has 2 N–H and O–H groups in total. The normalized spacial score (nSPS) is 18.3. The molecule has 0 radical (unpaired) electrons. The maximum absolute atomic E-state index is 14.7. The number of benzene rings is 1. The molecule has 0 bridgehead atoms. The Morgan fingerprint density at radius 2 is 1.88 bits per heavy atom. The number of methoxy groups -OCH3 is 1. The van der Waals surface area contributed by atoms with Gasteiger partial charge < -0.3 is 19.4 Å². The summed E-state index contributed by atoms with van der Waals surface area (Å²) in [5, 5.41) is 3.46. The number of anilines is 2. The first-order valence-corrected chi connectivity index (χ1v) is 12.1. The van der Waals surface area contributed by atoms with E-state index in [0.29, 0.717) is 11.5 Å². The molecule has 2 unspecified atom stereocenters. The molecule has 2 aromatic heterocycles. The van der Waals surface area contributed by atoms with Gasteiger partial charge in [0.05, 0.1) is 29.5 Å².